The van der Waals surface area contributed by atoms with E-state index in [1.54, 1.807) is 11.3 Å². The lowest BCUT2D eigenvalue weighted by Gasteiger charge is -2.28. The number of thiophene rings is 1. The van der Waals surface area contributed by atoms with Crippen LogP contribution in [0.15, 0.2) is 17.5 Å². The Hall–Kier alpha value is -0.980. The summed E-state index contributed by atoms with van der Waals surface area (Å²) in [4.78, 5) is 3.94. The molecule has 2 heterocycles. The van der Waals surface area contributed by atoms with Gasteiger partial charge < -0.3 is 0 Å². The van der Waals surface area contributed by atoms with E-state index < -0.39 is 0 Å². The molecular weight excluding hydrogens is 336 g/mol. The van der Waals surface area contributed by atoms with Gasteiger partial charge in [0.15, 0.2) is 10.6 Å². The molecule has 5 rings (SSSR count). The van der Waals surface area contributed by atoms with E-state index in [2.05, 4.69) is 31.7 Å². The van der Waals surface area contributed by atoms with Crippen molar-refractivity contribution in [2.24, 2.45) is 0 Å². The predicted octanol–water partition coefficient (Wildman–Crippen LogP) is 4.84. The molecule has 0 aromatic carbocycles. The summed E-state index contributed by atoms with van der Waals surface area (Å²) < 4.78 is 5.35. The van der Waals surface area contributed by atoms with E-state index in [1.165, 1.54) is 56.2 Å². The molecule has 4 nitrogen and oxygen atoms in total. The van der Waals surface area contributed by atoms with Crippen LogP contribution in [0.25, 0.3) is 10.7 Å². The third-order valence-electron chi connectivity index (χ3n) is 5.63. The Morgan fingerprint density at radius 3 is 2.50 bits per heavy atom. The maximum Gasteiger partial charge on any atom is 0.199 e. The van der Waals surface area contributed by atoms with Crippen LogP contribution in [0.5, 0.6) is 0 Å². The molecule has 3 aliphatic carbocycles. The monoisotopic (exact) mass is 360 g/mol. The smallest absolute Gasteiger partial charge is 0.199 e. The first-order valence-electron chi connectivity index (χ1n) is 9.30. The molecule has 0 bridgehead atoms. The van der Waals surface area contributed by atoms with E-state index in [4.69, 9.17) is 17.3 Å². The van der Waals surface area contributed by atoms with Gasteiger partial charge in [0.25, 0.3) is 0 Å². The van der Waals surface area contributed by atoms with Crippen molar-refractivity contribution in [1.29, 1.82) is 0 Å². The standard InChI is InChI=1S/C18H24N4S2/c23-18-21(12-20(14-7-8-14)13-4-1-2-5-13)19-17(16-6-3-11-24-16)22(18)15-9-10-15/h3,6,11,13-15H,1-2,4-5,7-10,12H2. The fourth-order valence-corrected chi connectivity index (χ4v) is 5.11. The van der Waals surface area contributed by atoms with Gasteiger partial charge in [-0.2, -0.15) is 0 Å². The molecule has 0 aliphatic heterocycles. The van der Waals surface area contributed by atoms with Gasteiger partial charge in [-0.15, -0.1) is 16.4 Å². The summed E-state index contributed by atoms with van der Waals surface area (Å²) in [6, 6.07) is 6.36. The third-order valence-corrected chi connectivity index (χ3v) is 6.90. The molecule has 0 N–H and O–H groups in total. The van der Waals surface area contributed by atoms with Gasteiger partial charge in [0.2, 0.25) is 0 Å². The van der Waals surface area contributed by atoms with Gasteiger partial charge in [-0.05, 0) is 62.2 Å². The Balaban J connectivity index is 1.49. The largest absolute Gasteiger partial charge is 0.296 e. The zero-order valence-corrected chi connectivity index (χ0v) is 15.6. The molecule has 0 saturated heterocycles. The summed E-state index contributed by atoms with van der Waals surface area (Å²) in [7, 11) is 0. The minimum absolute atomic E-state index is 0.573. The van der Waals surface area contributed by atoms with E-state index in [9.17, 15) is 0 Å². The highest BCUT2D eigenvalue weighted by Gasteiger charge is 2.36. The average Bonchev–Trinajstić information content (AvgIpc) is 3.45. The first-order valence-corrected chi connectivity index (χ1v) is 10.6. The Morgan fingerprint density at radius 1 is 1.12 bits per heavy atom. The quantitative estimate of drug-likeness (QED) is 0.689. The maximum atomic E-state index is 5.84. The van der Waals surface area contributed by atoms with E-state index >= 15 is 0 Å². The number of hydrogen-bond donors (Lipinski definition) is 0. The molecule has 0 radical (unpaired) electrons. The molecule has 3 fully saturated rings. The maximum absolute atomic E-state index is 5.84. The van der Waals surface area contributed by atoms with Gasteiger partial charge in [0.05, 0.1) is 11.5 Å². The van der Waals surface area contributed by atoms with Gasteiger partial charge in [-0.3, -0.25) is 9.47 Å². The van der Waals surface area contributed by atoms with Crippen LogP contribution >= 0.6 is 23.6 Å². The van der Waals surface area contributed by atoms with E-state index in [0.717, 1.165) is 29.3 Å². The van der Waals surface area contributed by atoms with Crippen molar-refractivity contribution in [2.45, 2.75) is 76.2 Å². The normalized spacial score (nSPS) is 21.9. The molecule has 128 valence electrons. The van der Waals surface area contributed by atoms with Gasteiger partial charge in [-0.1, -0.05) is 18.9 Å². The zero-order chi connectivity index (χ0) is 16.1. The van der Waals surface area contributed by atoms with Crippen molar-refractivity contribution < 1.29 is 0 Å². The van der Waals surface area contributed by atoms with E-state index in [-0.39, 0.29) is 0 Å². The average molecular weight is 361 g/mol. The Morgan fingerprint density at radius 2 is 1.88 bits per heavy atom. The van der Waals surface area contributed by atoms with Crippen LogP contribution in [0.3, 0.4) is 0 Å². The third kappa shape index (κ3) is 2.78. The molecule has 0 atom stereocenters. The summed E-state index contributed by atoms with van der Waals surface area (Å²) in [6.45, 7) is 0.881. The van der Waals surface area contributed by atoms with Crippen LogP contribution in [-0.2, 0) is 6.67 Å². The van der Waals surface area contributed by atoms with Crippen molar-refractivity contribution >= 4 is 23.6 Å². The Kier molecular flexibility index (Phi) is 3.87. The molecule has 2 aromatic heterocycles. The molecule has 0 amide bonds. The summed E-state index contributed by atoms with van der Waals surface area (Å²) in [5, 5.41) is 7.11. The fraction of sp³-hybridized carbons (Fsp3) is 0.667. The Bertz CT molecular complexity index is 762. The lowest BCUT2D eigenvalue weighted by molar-refractivity contribution is 0.134. The van der Waals surface area contributed by atoms with Crippen molar-refractivity contribution in [2.75, 3.05) is 0 Å². The topological polar surface area (TPSA) is 26.0 Å². The van der Waals surface area contributed by atoms with Crippen LogP contribution in [0.2, 0.25) is 0 Å². The lowest BCUT2D eigenvalue weighted by Crippen LogP contribution is -2.37. The second kappa shape index (κ2) is 6.07. The molecular formula is C18H24N4S2. The summed E-state index contributed by atoms with van der Waals surface area (Å²) in [5.74, 6) is 1.08. The highest BCUT2D eigenvalue weighted by Crippen LogP contribution is 2.40. The SMILES string of the molecule is S=c1n(CN(C2CCCC2)C2CC2)nc(-c2cccs2)n1C1CC1. The van der Waals surface area contributed by atoms with Crippen LogP contribution < -0.4 is 0 Å². The van der Waals surface area contributed by atoms with Crippen LogP contribution in [-0.4, -0.2) is 31.3 Å². The number of rotatable bonds is 6. The minimum Gasteiger partial charge on any atom is -0.296 e. The van der Waals surface area contributed by atoms with Crippen molar-refractivity contribution in [3.8, 4) is 10.7 Å². The highest BCUT2D eigenvalue weighted by atomic mass is 32.1. The zero-order valence-electron chi connectivity index (χ0n) is 13.9. The van der Waals surface area contributed by atoms with Crippen LogP contribution in [0, 0.1) is 4.77 Å². The first kappa shape index (κ1) is 15.3. The van der Waals surface area contributed by atoms with Gasteiger partial charge in [0, 0.05) is 18.1 Å². The highest BCUT2D eigenvalue weighted by molar-refractivity contribution is 7.71. The fourth-order valence-electron chi connectivity index (χ4n) is 4.07. The predicted molar refractivity (Wildman–Crippen MR) is 99.8 cm³/mol. The molecule has 3 saturated carbocycles. The second-order valence-corrected chi connectivity index (χ2v) is 8.82. The van der Waals surface area contributed by atoms with E-state index in [1.807, 2.05) is 0 Å². The minimum atomic E-state index is 0.573. The molecule has 2 aromatic rings. The summed E-state index contributed by atoms with van der Waals surface area (Å²) in [6.07, 6.45) is 10.7. The first-order chi connectivity index (χ1) is 11.8. The van der Waals surface area contributed by atoms with Gasteiger partial charge in [0.1, 0.15) is 0 Å². The van der Waals surface area contributed by atoms with Crippen LogP contribution in [0.1, 0.15) is 57.4 Å². The summed E-state index contributed by atoms with van der Waals surface area (Å²) >= 11 is 7.61. The number of aromatic nitrogens is 3. The van der Waals surface area contributed by atoms with Gasteiger partial charge in [-0.25, -0.2) is 4.68 Å². The molecule has 0 spiro atoms. The number of nitrogens with zero attached hydrogens (tertiary/aromatic N) is 4. The van der Waals surface area contributed by atoms with E-state index in [0.29, 0.717) is 6.04 Å². The molecule has 3 aliphatic rings. The van der Waals surface area contributed by atoms with Crippen LogP contribution in [0.4, 0.5) is 0 Å². The molecule has 6 heteroatoms. The van der Waals surface area contributed by atoms with Crippen molar-refractivity contribution in [3.63, 3.8) is 0 Å². The van der Waals surface area contributed by atoms with Crippen molar-refractivity contribution in [1.82, 2.24) is 19.2 Å². The summed E-state index contributed by atoms with van der Waals surface area (Å²) in [5.41, 5.74) is 0. The molecule has 24 heavy (non-hydrogen) atoms. The Labute approximate surface area is 152 Å². The second-order valence-electron chi connectivity index (χ2n) is 7.51. The van der Waals surface area contributed by atoms with Crippen molar-refractivity contribution in [3.05, 3.63) is 22.3 Å². The number of hydrogen-bond acceptors (Lipinski definition) is 4. The van der Waals surface area contributed by atoms with Gasteiger partial charge >= 0.3 is 0 Å². The molecule has 0 unspecified atom stereocenters. The lowest BCUT2D eigenvalue weighted by atomic mass is 10.2.